The zero-order valence-electron chi connectivity index (χ0n) is 8.13. The van der Waals surface area contributed by atoms with Crippen LogP contribution in [0.5, 0.6) is 5.75 Å². The molecule has 1 atom stereocenters. The maximum atomic E-state index is 12.8. The van der Waals surface area contributed by atoms with E-state index in [0.29, 0.717) is 11.3 Å². The van der Waals surface area contributed by atoms with E-state index in [1.165, 1.54) is 7.11 Å². The van der Waals surface area contributed by atoms with E-state index in [1.54, 1.807) is 24.3 Å². The molecule has 0 amide bonds. The fourth-order valence-corrected chi connectivity index (χ4v) is 1.10. The zero-order chi connectivity index (χ0) is 10.8. The Morgan fingerprint density at radius 2 is 1.79 bits per heavy atom. The second-order valence-electron chi connectivity index (χ2n) is 3.21. The van der Waals surface area contributed by atoms with Crippen LogP contribution in [0.25, 0.3) is 0 Å². The van der Waals surface area contributed by atoms with E-state index in [0.717, 1.165) is 6.92 Å². The van der Waals surface area contributed by atoms with Gasteiger partial charge in [-0.3, -0.25) is 0 Å². The maximum Gasteiger partial charge on any atom is 0.264 e. The van der Waals surface area contributed by atoms with E-state index in [1.807, 2.05) is 0 Å². The Kier molecular flexibility index (Phi) is 3.06. The van der Waals surface area contributed by atoms with Gasteiger partial charge in [-0.05, 0) is 17.7 Å². The molecule has 4 heteroatoms. The number of hydrogen-bond acceptors (Lipinski definition) is 2. The second-order valence-corrected chi connectivity index (χ2v) is 3.21. The molecule has 0 fully saturated rings. The minimum atomic E-state index is -2.91. The average molecular weight is 201 g/mol. The molecule has 0 bridgehead atoms. The lowest BCUT2D eigenvalue weighted by Crippen LogP contribution is -2.29. The highest BCUT2D eigenvalue weighted by molar-refractivity contribution is 5.29. The van der Waals surface area contributed by atoms with Crippen LogP contribution in [0.1, 0.15) is 18.5 Å². The summed E-state index contributed by atoms with van der Waals surface area (Å²) >= 11 is 0. The number of alkyl halides is 2. The third kappa shape index (κ3) is 2.42. The Labute approximate surface area is 81.7 Å². The van der Waals surface area contributed by atoms with Crippen LogP contribution in [-0.2, 0) is 0 Å². The molecule has 1 rings (SSSR count). The number of hydrogen-bond donors (Lipinski definition) is 1. The fourth-order valence-electron chi connectivity index (χ4n) is 1.10. The molecular weight excluding hydrogens is 188 g/mol. The minimum absolute atomic E-state index is 0.401. The van der Waals surface area contributed by atoms with Gasteiger partial charge in [-0.2, -0.15) is 0 Å². The lowest BCUT2D eigenvalue weighted by Gasteiger charge is -2.19. The SMILES string of the molecule is COc1ccc(C(N)C(C)(F)F)cc1. The molecule has 0 aliphatic carbocycles. The molecule has 1 aromatic carbocycles. The summed E-state index contributed by atoms with van der Waals surface area (Å²) in [7, 11) is 1.52. The van der Waals surface area contributed by atoms with Gasteiger partial charge in [-0.15, -0.1) is 0 Å². The summed E-state index contributed by atoms with van der Waals surface area (Å²) in [6, 6.07) is 5.04. The number of nitrogens with two attached hydrogens (primary N) is 1. The smallest absolute Gasteiger partial charge is 0.264 e. The second kappa shape index (κ2) is 3.92. The highest BCUT2D eigenvalue weighted by atomic mass is 19.3. The van der Waals surface area contributed by atoms with Crippen molar-refractivity contribution in [2.45, 2.75) is 18.9 Å². The van der Waals surface area contributed by atoms with Crippen molar-refractivity contribution >= 4 is 0 Å². The molecule has 0 saturated heterocycles. The van der Waals surface area contributed by atoms with Crippen LogP contribution < -0.4 is 10.5 Å². The maximum absolute atomic E-state index is 12.8. The van der Waals surface area contributed by atoms with Gasteiger partial charge in [0.15, 0.2) is 0 Å². The third-order valence-corrected chi connectivity index (χ3v) is 2.02. The molecule has 0 radical (unpaired) electrons. The largest absolute Gasteiger partial charge is 0.497 e. The summed E-state index contributed by atoms with van der Waals surface area (Å²) in [5.74, 6) is -2.28. The molecule has 2 nitrogen and oxygen atoms in total. The highest BCUT2D eigenvalue weighted by Gasteiger charge is 2.31. The summed E-state index contributed by atoms with van der Waals surface area (Å²) in [6.07, 6.45) is 0. The predicted molar refractivity (Wildman–Crippen MR) is 50.5 cm³/mol. The Bertz CT molecular complexity index is 292. The first-order valence-corrected chi connectivity index (χ1v) is 4.22. The summed E-state index contributed by atoms with van der Waals surface area (Å²) in [4.78, 5) is 0. The van der Waals surface area contributed by atoms with Crippen LogP contribution >= 0.6 is 0 Å². The van der Waals surface area contributed by atoms with Gasteiger partial charge in [0.2, 0.25) is 0 Å². The molecule has 14 heavy (non-hydrogen) atoms. The monoisotopic (exact) mass is 201 g/mol. The number of methoxy groups -OCH3 is 1. The van der Waals surface area contributed by atoms with E-state index in [9.17, 15) is 8.78 Å². The summed E-state index contributed by atoms with van der Waals surface area (Å²) in [5, 5.41) is 0. The molecule has 0 spiro atoms. The first kappa shape index (κ1) is 10.9. The molecule has 1 unspecified atom stereocenters. The van der Waals surface area contributed by atoms with Gasteiger partial charge < -0.3 is 10.5 Å². The average Bonchev–Trinajstić information content (AvgIpc) is 2.15. The molecule has 0 aliphatic heterocycles. The Hall–Kier alpha value is -1.16. The van der Waals surface area contributed by atoms with Crippen molar-refractivity contribution in [1.29, 1.82) is 0 Å². The van der Waals surface area contributed by atoms with E-state index in [-0.39, 0.29) is 0 Å². The molecular formula is C10H13F2NO. The van der Waals surface area contributed by atoms with Crippen LogP contribution in [0, 0.1) is 0 Å². The highest BCUT2D eigenvalue weighted by Crippen LogP contribution is 2.29. The molecule has 1 aromatic rings. The van der Waals surface area contributed by atoms with Crippen molar-refractivity contribution in [2.24, 2.45) is 5.73 Å². The molecule has 0 heterocycles. The van der Waals surface area contributed by atoms with E-state index in [2.05, 4.69) is 0 Å². The Morgan fingerprint density at radius 1 is 1.29 bits per heavy atom. The van der Waals surface area contributed by atoms with E-state index in [4.69, 9.17) is 10.5 Å². The van der Waals surface area contributed by atoms with Crippen molar-refractivity contribution in [2.75, 3.05) is 7.11 Å². The molecule has 78 valence electrons. The first-order chi connectivity index (χ1) is 6.45. The fraction of sp³-hybridized carbons (Fsp3) is 0.400. The van der Waals surface area contributed by atoms with E-state index >= 15 is 0 Å². The number of rotatable bonds is 3. The van der Waals surface area contributed by atoms with Crippen molar-refractivity contribution in [3.05, 3.63) is 29.8 Å². The van der Waals surface area contributed by atoms with Crippen LogP contribution in [0.3, 0.4) is 0 Å². The molecule has 0 saturated carbocycles. The Balaban J connectivity index is 2.87. The van der Waals surface area contributed by atoms with Crippen molar-refractivity contribution in [3.8, 4) is 5.75 Å². The minimum Gasteiger partial charge on any atom is -0.497 e. The van der Waals surface area contributed by atoms with Crippen LogP contribution in [0.2, 0.25) is 0 Å². The molecule has 2 N–H and O–H groups in total. The predicted octanol–water partition coefficient (Wildman–Crippen LogP) is 2.35. The number of benzene rings is 1. The van der Waals surface area contributed by atoms with Gasteiger partial charge >= 0.3 is 0 Å². The quantitative estimate of drug-likeness (QED) is 0.814. The lowest BCUT2D eigenvalue weighted by molar-refractivity contribution is -0.00620. The van der Waals surface area contributed by atoms with Gasteiger partial charge in [0.1, 0.15) is 5.75 Å². The summed E-state index contributed by atoms with van der Waals surface area (Å²) in [5.41, 5.74) is 5.77. The van der Waals surface area contributed by atoms with Gasteiger partial charge in [-0.1, -0.05) is 12.1 Å². The molecule has 0 aromatic heterocycles. The van der Waals surface area contributed by atoms with Gasteiger partial charge in [-0.25, -0.2) is 8.78 Å². The van der Waals surface area contributed by atoms with Gasteiger partial charge in [0.25, 0.3) is 5.92 Å². The summed E-state index contributed by atoms with van der Waals surface area (Å²) in [6.45, 7) is 0.807. The zero-order valence-corrected chi connectivity index (χ0v) is 8.13. The van der Waals surface area contributed by atoms with Crippen molar-refractivity contribution < 1.29 is 13.5 Å². The number of ether oxygens (including phenoxy) is 1. The number of halogens is 2. The normalized spacial score (nSPS) is 13.8. The lowest BCUT2D eigenvalue weighted by atomic mass is 10.0. The van der Waals surface area contributed by atoms with Crippen LogP contribution in [0.15, 0.2) is 24.3 Å². The van der Waals surface area contributed by atoms with Gasteiger partial charge in [0, 0.05) is 6.92 Å². The first-order valence-electron chi connectivity index (χ1n) is 4.22. The van der Waals surface area contributed by atoms with Gasteiger partial charge in [0.05, 0.1) is 13.2 Å². The van der Waals surface area contributed by atoms with Crippen LogP contribution in [-0.4, -0.2) is 13.0 Å². The van der Waals surface area contributed by atoms with Crippen molar-refractivity contribution in [1.82, 2.24) is 0 Å². The summed E-state index contributed by atoms with van der Waals surface area (Å²) < 4.78 is 30.6. The molecule has 0 aliphatic rings. The Morgan fingerprint density at radius 3 is 2.14 bits per heavy atom. The standard InChI is InChI=1S/C10H13F2NO/c1-10(11,12)9(13)7-3-5-8(14-2)6-4-7/h3-6,9H,13H2,1-2H3. The topological polar surface area (TPSA) is 35.2 Å². The third-order valence-electron chi connectivity index (χ3n) is 2.02. The van der Waals surface area contributed by atoms with E-state index < -0.39 is 12.0 Å². The van der Waals surface area contributed by atoms with Crippen molar-refractivity contribution in [3.63, 3.8) is 0 Å². The van der Waals surface area contributed by atoms with Crippen LogP contribution in [0.4, 0.5) is 8.78 Å².